The fourth-order valence-corrected chi connectivity index (χ4v) is 2.18. The van der Waals surface area contributed by atoms with Gasteiger partial charge in [-0.2, -0.15) is 0 Å². The molecule has 0 radical (unpaired) electrons. The van der Waals surface area contributed by atoms with Crippen molar-refractivity contribution in [3.8, 4) is 0 Å². The Morgan fingerprint density at radius 1 is 1.21 bits per heavy atom. The van der Waals surface area contributed by atoms with Gasteiger partial charge >= 0.3 is 0 Å². The van der Waals surface area contributed by atoms with Gasteiger partial charge in [0.05, 0.1) is 16.6 Å². The van der Waals surface area contributed by atoms with Crippen molar-refractivity contribution in [2.45, 2.75) is 4.90 Å². The lowest BCUT2D eigenvalue weighted by molar-refractivity contribution is 0.602. The monoisotopic (exact) mass is 208 g/mol. The van der Waals surface area contributed by atoms with E-state index in [1.54, 1.807) is 18.5 Å². The summed E-state index contributed by atoms with van der Waals surface area (Å²) in [5, 5.41) is 0.616. The molecule has 4 nitrogen and oxygen atoms in total. The van der Waals surface area contributed by atoms with Crippen molar-refractivity contribution >= 4 is 20.7 Å². The minimum Gasteiger partial charge on any atom is -0.262 e. The quantitative estimate of drug-likeness (QED) is 0.702. The number of fused-ring (bicyclic) bond motifs is 1. The Hall–Kier alpha value is -1.49. The molecule has 2 heterocycles. The number of nitrogens with zero attached hydrogens (tertiary/aromatic N) is 2. The van der Waals surface area contributed by atoms with Gasteiger partial charge in [0.1, 0.15) is 0 Å². The van der Waals surface area contributed by atoms with Crippen molar-refractivity contribution < 1.29 is 8.42 Å². The summed E-state index contributed by atoms with van der Waals surface area (Å²) in [5.41, 5.74) is 0.593. The zero-order valence-corrected chi connectivity index (χ0v) is 8.32. The van der Waals surface area contributed by atoms with Gasteiger partial charge < -0.3 is 0 Å². The van der Waals surface area contributed by atoms with Crippen LogP contribution in [0.2, 0.25) is 0 Å². The molecule has 0 spiro atoms. The molecule has 0 N–H and O–H groups in total. The second-order valence-corrected chi connectivity index (χ2v) is 4.96. The Morgan fingerprint density at radius 2 is 2.00 bits per heavy atom. The van der Waals surface area contributed by atoms with Gasteiger partial charge in [0.25, 0.3) is 0 Å². The van der Waals surface area contributed by atoms with Crippen LogP contribution in [0, 0.1) is 0 Å². The highest BCUT2D eigenvalue weighted by atomic mass is 32.2. The molecule has 72 valence electrons. The lowest BCUT2D eigenvalue weighted by Gasteiger charge is -2.01. The van der Waals surface area contributed by atoms with Crippen LogP contribution >= 0.6 is 0 Å². The highest BCUT2D eigenvalue weighted by Gasteiger charge is 2.11. The molecule has 0 aromatic carbocycles. The third-order valence-electron chi connectivity index (χ3n) is 1.90. The fraction of sp³-hybridized carbons (Fsp3) is 0.111. The molecule has 14 heavy (non-hydrogen) atoms. The Balaban J connectivity index is 2.92. The molecule has 2 aromatic rings. The molecule has 0 saturated heterocycles. The van der Waals surface area contributed by atoms with E-state index in [4.69, 9.17) is 0 Å². The molecule has 0 atom stereocenters. The first-order valence-corrected chi connectivity index (χ1v) is 5.87. The molecule has 2 aromatic heterocycles. The van der Waals surface area contributed by atoms with E-state index in [-0.39, 0.29) is 0 Å². The molecule has 0 aliphatic rings. The molecule has 5 heteroatoms. The summed E-state index contributed by atoms with van der Waals surface area (Å²) in [6, 6.07) is 3.15. The lowest BCUT2D eigenvalue weighted by atomic mass is 10.3. The van der Waals surface area contributed by atoms with E-state index in [2.05, 4.69) is 9.97 Å². The second kappa shape index (κ2) is 3.02. The van der Waals surface area contributed by atoms with Crippen molar-refractivity contribution in [3.05, 3.63) is 30.7 Å². The third-order valence-corrected chi connectivity index (χ3v) is 3.06. The first-order valence-electron chi connectivity index (χ1n) is 3.98. The van der Waals surface area contributed by atoms with Gasteiger partial charge in [-0.05, 0) is 12.1 Å². The van der Waals surface area contributed by atoms with Crippen LogP contribution < -0.4 is 0 Å². The summed E-state index contributed by atoms with van der Waals surface area (Å²) in [4.78, 5) is 8.20. The molecule has 0 saturated carbocycles. The summed E-state index contributed by atoms with van der Waals surface area (Å²) in [6.45, 7) is 0. The van der Waals surface area contributed by atoms with E-state index in [0.717, 1.165) is 0 Å². The summed E-state index contributed by atoms with van der Waals surface area (Å²) >= 11 is 0. The van der Waals surface area contributed by atoms with E-state index in [1.807, 2.05) is 0 Å². The zero-order valence-electron chi connectivity index (χ0n) is 7.51. The normalized spacial score (nSPS) is 11.8. The van der Waals surface area contributed by atoms with E-state index >= 15 is 0 Å². The summed E-state index contributed by atoms with van der Waals surface area (Å²) < 4.78 is 22.8. The van der Waals surface area contributed by atoms with Crippen molar-refractivity contribution in [2.24, 2.45) is 0 Å². The maximum absolute atomic E-state index is 11.4. The van der Waals surface area contributed by atoms with Crippen LogP contribution in [0.1, 0.15) is 0 Å². The van der Waals surface area contributed by atoms with E-state index < -0.39 is 9.84 Å². The molecule has 0 fully saturated rings. The van der Waals surface area contributed by atoms with Crippen LogP contribution in [0.15, 0.2) is 35.6 Å². The van der Waals surface area contributed by atoms with Crippen molar-refractivity contribution in [1.82, 2.24) is 9.97 Å². The molecular formula is C9H8N2O2S. The smallest absolute Gasteiger partial charge is 0.176 e. The van der Waals surface area contributed by atoms with Gasteiger partial charge in [0, 0.05) is 24.0 Å². The van der Waals surface area contributed by atoms with Crippen LogP contribution in [-0.2, 0) is 9.84 Å². The van der Waals surface area contributed by atoms with Crippen molar-refractivity contribution in [1.29, 1.82) is 0 Å². The van der Waals surface area contributed by atoms with Gasteiger partial charge in [0.2, 0.25) is 0 Å². The van der Waals surface area contributed by atoms with E-state index in [1.165, 1.54) is 18.5 Å². The first-order chi connectivity index (χ1) is 6.59. The third kappa shape index (κ3) is 1.46. The van der Waals surface area contributed by atoms with Gasteiger partial charge in [-0.1, -0.05) is 0 Å². The summed E-state index contributed by atoms with van der Waals surface area (Å²) in [7, 11) is -3.20. The fourth-order valence-electron chi connectivity index (χ4n) is 1.30. The molecule has 0 aliphatic heterocycles. The standard InChI is InChI=1S/C9H8N2O2S/c1-14(12,13)9-3-5-11-8-6-10-4-2-7(8)9/h2-6H,1H3. The average Bonchev–Trinajstić information content (AvgIpc) is 2.15. The Morgan fingerprint density at radius 3 is 2.71 bits per heavy atom. The van der Waals surface area contributed by atoms with Crippen LogP contribution in [-0.4, -0.2) is 24.6 Å². The highest BCUT2D eigenvalue weighted by Crippen LogP contribution is 2.19. The predicted octanol–water partition coefficient (Wildman–Crippen LogP) is 1.03. The minimum atomic E-state index is -3.20. The number of pyridine rings is 2. The van der Waals surface area contributed by atoms with Gasteiger partial charge in [0.15, 0.2) is 9.84 Å². The van der Waals surface area contributed by atoms with E-state index in [9.17, 15) is 8.42 Å². The van der Waals surface area contributed by atoms with Gasteiger partial charge in [-0.25, -0.2) is 8.42 Å². The van der Waals surface area contributed by atoms with Crippen LogP contribution in [0.4, 0.5) is 0 Å². The largest absolute Gasteiger partial charge is 0.262 e. The molecule has 0 aliphatic carbocycles. The summed E-state index contributed by atoms with van der Waals surface area (Å²) in [5.74, 6) is 0. The van der Waals surface area contributed by atoms with Gasteiger partial charge in [-0.15, -0.1) is 0 Å². The number of hydrogen-bond donors (Lipinski definition) is 0. The zero-order chi connectivity index (χ0) is 10.2. The van der Waals surface area contributed by atoms with Crippen molar-refractivity contribution in [3.63, 3.8) is 0 Å². The number of rotatable bonds is 1. The molecule has 0 bridgehead atoms. The number of sulfone groups is 1. The predicted molar refractivity (Wildman–Crippen MR) is 52.6 cm³/mol. The Kier molecular flexibility index (Phi) is 1.96. The molecule has 0 amide bonds. The maximum atomic E-state index is 11.4. The topological polar surface area (TPSA) is 59.9 Å². The number of aromatic nitrogens is 2. The first kappa shape index (κ1) is 9.08. The Labute approximate surface area is 81.5 Å². The van der Waals surface area contributed by atoms with Crippen LogP contribution in [0.25, 0.3) is 10.9 Å². The van der Waals surface area contributed by atoms with Crippen molar-refractivity contribution in [2.75, 3.05) is 6.26 Å². The minimum absolute atomic E-state index is 0.296. The van der Waals surface area contributed by atoms with Gasteiger partial charge in [-0.3, -0.25) is 9.97 Å². The molecule has 2 rings (SSSR count). The van der Waals surface area contributed by atoms with Crippen LogP contribution in [0.3, 0.4) is 0 Å². The Bertz CT molecular complexity index is 573. The SMILES string of the molecule is CS(=O)(=O)c1ccnc2cnccc12. The molecular weight excluding hydrogens is 200 g/mol. The number of hydrogen-bond acceptors (Lipinski definition) is 4. The molecule has 0 unspecified atom stereocenters. The van der Waals surface area contributed by atoms with E-state index in [0.29, 0.717) is 15.8 Å². The summed E-state index contributed by atoms with van der Waals surface area (Å²) in [6.07, 6.45) is 5.76. The highest BCUT2D eigenvalue weighted by molar-refractivity contribution is 7.91. The maximum Gasteiger partial charge on any atom is 0.176 e. The van der Waals surface area contributed by atoms with Crippen LogP contribution in [0.5, 0.6) is 0 Å². The average molecular weight is 208 g/mol. The lowest BCUT2D eigenvalue weighted by Crippen LogP contribution is -1.98. The second-order valence-electron chi connectivity index (χ2n) is 2.97.